The molecule has 0 aliphatic heterocycles. The standard InChI is InChI=1S/C10H16N2O3/c1-7(6-15-11)10-8(13-2)4-12-5-9(10)14-3/h4-5,7H,6,11H2,1-3H3. The number of rotatable bonds is 5. The highest BCUT2D eigenvalue weighted by Crippen LogP contribution is 2.33. The fraction of sp³-hybridized carbons (Fsp3) is 0.500. The van der Waals surface area contributed by atoms with Gasteiger partial charge in [0, 0.05) is 11.5 Å². The Kier molecular flexibility index (Phi) is 4.33. The number of hydrogen-bond donors (Lipinski definition) is 1. The molecule has 0 spiro atoms. The Balaban J connectivity index is 3.09. The summed E-state index contributed by atoms with van der Waals surface area (Å²) in [6, 6.07) is 0. The van der Waals surface area contributed by atoms with Gasteiger partial charge in [-0.15, -0.1) is 0 Å². The van der Waals surface area contributed by atoms with Crippen molar-refractivity contribution in [1.82, 2.24) is 4.98 Å². The van der Waals surface area contributed by atoms with Gasteiger partial charge in [0.05, 0.1) is 33.2 Å². The number of pyridine rings is 1. The van der Waals surface area contributed by atoms with Crippen molar-refractivity contribution in [3.63, 3.8) is 0 Å². The van der Waals surface area contributed by atoms with Gasteiger partial charge in [0.15, 0.2) is 0 Å². The Morgan fingerprint density at radius 1 is 1.27 bits per heavy atom. The summed E-state index contributed by atoms with van der Waals surface area (Å²) in [5, 5.41) is 0. The van der Waals surface area contributed by atoms with Crippen LogP contribution in [0.15, 0.2) is 12.4 Å². The van der Waals surface area contributed by atoms with Crippen LogP contribution in [0.2, 0.25) is 0 Å². The summed E-state index contributed by atoms with van der Waals surface area (Å²) < 4.78 is 10.4. The molecular formula is C10H16N2O3. The topological polar surface area (TPSA) is 66.6 Å². The minimum atomic E-state index is 0.0860. The van der Waals surface area contributed by atoms with E-state index >= 15 is 0 Å². The van der Waals surface area contributed by atoms with Gasteiger partial charge in [0.1, 0.15) is 11.5 Å². The third-order valence-corrected chi connectivity index (χ3v) is 2.19. The second-order valence-corrected chi connectivity index (χ2v) is 3.19. The molecule has 0 amide bonds. The first kappa shape index (κ1) is 11.7. The third-order valence-electron chi connectivity index (χ3n) is 2.19. The maximum Gasteiger partial charge on any atom is 0.144 e. The van der Waals surface area contributed by atoms with Gasteiger partial charge in [-0.25, -0.2) is 5.90 Å². The second-order valence-electron chi connectivity index (χ2n) is 3.19. The van der Waals surface area contributed by atoms with Crippen LogP contribution >= 0.6 is 0 Å². The molecule has 0 saturated carbocycles. The Bertz CT molecular complexity index is 295. The van der Waals surface area contributed by atoms with Crippen LogP contribution < -0.4 is 15.4 Å². The number of hydrogen-bond acceptors (Lipinski definition) is 5. The van der Waals surface area contributed by atoms with E-state index in [-0.39, 0.29) is 5.92 Å². The minimum Gasteiger partial charge on any atom is -0.495 e. The van der Waals surface area contributed by atoms with E-state index in [0.29, 0.717) is 18.1 Å². The van der Waals surface area contributed by atoms with E-state index in [1.54, 1.807) is 26.6 Å². The quantitative estimate of drug-likeness (QED) is 0.740. The van der Waals surface area contributed by atoms with Crippen molar-refractivity contribution in [3.8, 4) is 11.5 Å². The van der Waals surface area contributed by atoms with Crippen LogP contribution in [-0.2, 0) is 4.84 Å². The van der Waals surface area contributed by atoms with Crippen LogP contribution in [0.1, 0.15) is 18.4 Å². The first-order valence-corrected chi connectivity index (χ1v) is 4.62. The van der Waals surface area contributed by atoms with Crippen LogP contribution in [0, 0.1) is 0 Å². The maximum absolute atomic E-state index is 5.22. The summed E-state index contributed by atoms with van der Waals surface area (Å²) in [6.07, 6.45) is 3.29. The molecule has 0 radical (unpaired) electrons. The summed E-state index contributed by atoms with van der Waals surface area (Å²) >= 11 is 0. The van der Waals surface area contributed by atoms with Gasteiger partial charge in [-0.3, -0.25) is 4.98 Å². The maximum atomic E-state index is 5.22. The lowest BCUT2D eigenvalue weighted by Gasteiger charge is -2.17. The predicted octanol–water partition coefficient (Wildman–Crippen LogP) is 1.09. The molecule has 1 unspecified atom stereocenters. The highest BCUT2D eigenvalue weighted by atomic mass is 16.6. The Morgan fingerprint density at radius 2 is 1.80 bits per heavy atom. The Hall–Kier alpha value is -1.33. The summed E-state index contributed by atoms with van der Waals surface area (Å²) in [5.74, 6) is 6.50. The van der Waals surface area contributed by atoms with Crippen LogP contribution in [0.25, 0.3) is 0 Å². The zero-order valence-corrected chi connectivity index (χ0v) is 9.19. The van der Waals surface area contributed by atoms with Gasteiger partial charge in [-0.1, -0.05) is 6.92 Å². The molecule has 0 fully saturated rings. The number of aromatic nitrogens is 1. The van der Waals surface area contributed by atoms with Crippen LogP contribution in [0.4, 0.5) is 0 Å². The molecule has 1 aromatic heterocycles. The first-order valence-electron chi connectivity index (χ1n) is 4.62. The summed E-state index contributed by atoms with van der Waals surface area (Å²) in [6.45, 7) is 2.38. The van der Waals surface area contributed by atoms with Crippen molar-refractivity contribution in [1.29, 1.82) is 0 Å². The molecule has 0 aliphatic rings. The van der Waals surface area contributed by atoms with E-state index in [0.717, 1.165) is 5.56 Å². The molecule has 0 bridgehead atoms. The SMILES string of the molecule is COc1cncc(OC)c1C(C)CON. The molecule has 1 atom stereocenters. The predicted molar refractivity (Wildman–Crippen MR) is 55.9 cm³/mol. The fourth-order valence-electron chi connectivity index (χ4n) is 1.47. The molecule has 15 heavy (non-hydrogen) atoms. The zero-order chi connectivity index (χ0) is 11.3. The van der Waals surface area contributed by atoms with Crippen molar-refractivity contribution in [2.45, 2.75) is 12.8 Å². The molecule has 5 heteroatoms. The van der Waals surface area contributed by atoms with Crippen molar-refractivity contribution in [3.05, 3.63) is 18.0 Å². The Morgan fingerprint density at radius 3 is 2.20 bits per heavy atom. The minimum absolute atomic E-state index is 0.0860. The fourth-order valence-corrected chi connectivity index (χ4v) is 1.47. The molecule has 1 aromatic rings. The summed E-state index contributed by atoms with van der Waals surface area (Å²) in [4.78, 5) is 8.63. The van der Waals surface area contributed by atoms with Crippen molar-refractivity contribution in [2.24, 2.45) is 5.90 Å². The molecular weight excluding hydrogens is 196 g/mol. The molecule has 5 nitrogen and oxygen atoms in total. The van der Waals surface area contributed by atoms with Gasteiger partial charge in [0.2, 0.25) is 0 Å². The lowest BCUT2D eigenvalue weighted by Crippen LogP contribution is -2.11. The smallest absolute Gasteiger partial charge is 0.144 e. The highest BCUT2D eigenvalue weighted by Gasteiger charge is 2.17. The first-order chi connectivity index (χ1) is 7.24. The molecule has 1 heterocycles. The van der Waals surface area contributed by atoms with E-state index in [9.17, 15) is 0 Å². The van der Waals surface area contributed by atoms with E-state index in [2.05, 4.69) is 9.82 Å². The van der Waals surface area contributed by atoms with E-state index < -0.39 is 0 Å². The number of nitrogens with zero attached hydrogens (tertiary/aromatic N) is 1. The summed E-state index contributed by atoms with van der Waals surface area (Å²) in [7, 11) is 3.19. The van der Waals surface area contributed by atoms with Crippen molar-refractivity contribution in [2.75, 3.05) is 20.8 Å². The lowest BCUT2D eigenvalue weighted by molar-refractivity contribution is 0.125. The normalized spacial score (nSPS) is 12.3. The molecule has 0 saturated heterocycles. The molecule has 0 aromatic carbocycles. The number of nitrogens with two attached hydrogens (primary N) is 1. The average molecular weight is 212 g/mol. The molecule has 1 rings (SSSR count). The van der Waals surface area contributed by atoms with E-state index in [1.165, 1.54) is 0 Å². The van der Waals surface area contributed by atoms with Gasteiger partial charge >= 0.3 is 0 Å². The van der Waals surface area contributed by atoms with Crippen molar-refractivity contribution < 1.29 is 14.3 Å². The van der Waals surface area contributed by atoms with E-state index in [1.807, 2.05) is 6.92 Å². The van der Waals surface area contributed by atoms with E-state index in [4.69, 9.17) is 15.4 Å². The number of methoxy groups -OCH3 is 2. The zero-order valence-electron chi connectivity index (χ0n) is 9.19. The highest BCUT2D eigenvalue weighted by molar-refractivity contribution is 5.44. The third kappa shape index (κ3) is 2.57. The van der Waals surface area contributed by atoms with Gasteiger partial charge in [0.25, 0.3) is 0 Å². The second kappa shape index (κ2) is 5.53. The van der Waals surface area contributed by atoms with Gasteiger partial charge in [-0.05, 0) is 0 Å². The summed E-state index contributed by atoms with van der Waals surface area (Å²) in [5.41, 5.74) is 0.917. The van der Waals surface area contributed by atoms with Gasteiger partial charge < -0.3 is 14.3 Å². The monoisotopic (exact) mass is 212 g/mol. The van der Waals surface area contributed by atoms with Crippen LogP contribution in [0.3, 0.4) is 0 Å². The largest absolute Gasteiger partial charge is 0.495 e. The molecule has 84 valence electrons. The molecule has 2 N–H and O–H groups in total. The molecule has 0 aliphatic carbocycles. The average Bonchev–Trinajstić information content (AvgIpc) is 2.28. The Labute approximate surface area is 89.1 Å². The van der Waals surface area contributed by atoms with Crippen molar-refractivity contribution >= 4 is 0 Å². The van der Waals surface area contributed by atoms with Crippen LogP contribution in [0.5, 0.6) is 11.5 Å². The lowest BCUT2D eigenvalue weighted by atomic mass is 10.0. The van der Waals surface area contributed by atoms with Gasteiger partial charge in [-0.2, -0.15) is 0 Å². The van der Waals surface area contributed by atoms with Crippen LogP contribution in [-0.4, -0.2) is 25.8 Å². The number of ether oxygens (including phenoxy) is 2.